The predicted octanol–water partition coefficient (Wildman–Crippen LogP) is 4.76. The Morgan fingerprint density at radius 1 is 0.957 bits per heavy atom. The second-order valence-electron chi connectivity index (χ2n) is 4.76. The molecule has 0 radical (unpaired) electrons. The first-order valence-electron chi connectivity index (χ1n) is 6.75. The number of halogens is 2. The van der Waals surface area contributed by atoms with Gasteiger partial charge in [-0.25, -0.2) is 0 Å². The number of nitrogens with one attached hydrogen (secondary N) is 2. The van der Waals surface area contributed by atoms with E-state index in [4.69, 9.17) is 23.2 Å². The molecular weight excluding hydrogens is 335 g/mol. The highest BCUT2D eigenvalue weighted by molar-refractivity contribution is 6.35. The van der Waals surface area contributed by atoms with E-state index in [1.165, 1.54) is 19.2 Å². The molecule has 0 unspecified atom stereocenters. The Hall–Kier alpha value is -2.30. The number of amides is 1. The van der Waals surface area contributed by atoms with Crippen LogP contribution in [0.5, 0.6) is 0 Å². The van der Waals surface area contributed by atoms with Gasteiger partial charge in [0.1, 0.15) is 0 Å². The van der Waals surface area contributed by atoms with Crippen molar-refractivity contribution < 1.29 is 9.59 Å². The maximum atomic E-state index is 12.0. The maximum absolute atomic E-state index is 12.0. The van der Waals surface area contributed by atoms with Crippen molar-refractivity contribution in [3.8, 4) is 0 Å². The van der Waals surface area contributed by atoms with Crippen LogP contribution >= 0.6 is 23.2 Å². The molecule has 0 atom stereocenters. The summed E-state index contributed by atoms with van der Waals surface area (Å²) in [6, 6.07) is 11.8. The summed E-state index contributed by atoms with van der Waals surface area (Å²) in [6.45, 7) is 1.45. The summed E-state index contributed by atoms with van der Waals surface area (Å²) >= 11 is 11.7. The monoisotopic (exact) mass is 348 g/mol. The van der Waals surface area contributed by atoms with Crippen LogP contribution in [0.15, 0.2) is 54.7 Å². The van der Waals surface area contributed by atoms with Gasteiger partial charge in [-0.3, -0.25) is 9.59 Å². The Bertz CT molecular complexity index is 735. The van der Waals surface area contributed by atoms with Crippen LogP contribution in [0, 0.1) is 0 Å². The molecule has 0 aliphatic carbocycles. The minimum absolute atomic E-state index is 0.128. The largest absolute Gasteiger partial charge is 0.362 e. The fourth-order valence-corrected chi connectivity index (χ4v) is 2.38. The van der Waals surface area contributed by atoms with Crippen molar-refractivity contribution in [1.29, 1.82) is 0 Å². The van der Waals surface area contributed by atoms with Gasteiger partial charge in [-0.15, -0.1) is 0 Å². The highest BCUT2D eigenvalue weighted by Crippen LogP contribution is 2.19. The van der Waals surface area contributed by atoms with Gasteiger partial charge < -0.3 is 10.6 Å². The topological polar surface area (TPSA) is 58.2 Å². The number of allylic oxidation sites excluding steroid dienone is 1. The lowest BCUT2D eigenvalue weighted by Gasteiger charge is -2.04. The van der Waals surface area contributed by atoms with Crippen molar-refractivity contribution >= 4 is 46.3 Å². The average Bonchev–Trinajstić information content (AvgIpc) is 2.47. The van der Waals surface area contributed by atoms with Crippen LogP contribution in [0.25, 0.3) is 0 Å². The quantitative estimate of drug-likeness (QED) is 0.604. The van der Waals surface area contributed by atoms with Crippen molar-refractivity contribution in [3.63, 3.8) is 0 Å². The molecule has 4 nitrogen and oxygen atoms in total. The van der Waals surface area contributed by atoms with Crippen molar-refractivity contribution in [2.75, 3.05) is 10.6 Å². The SMILES string of the molecule is CC(=O)Nc1ccc(N/C=C/C(=O)c2cc(Cl)cc(Cl)c2)cc1. The summed E-state index contributed by atoms with van der Waals surface area (Å²) < 4.78 is 0. The normalized spacial score (nSPS) is 10.6. The highest BCUT2D eigenvalue weighted by Gasteiger charge is 2.04. The molecule has 0 aliphatic heterocycles. The number of carbonyl (C=O) groups is 2. The van der Waals surface area contributed by atoms with E-state index in [2.05, 4.69) is 10.6 Å². The molecule has 118 valence electrons. The van der Waals surface area contributed by atoms with Crippen LogP contribution < -0.4 is 10.6 Å². The maximum Gasteiger partial charge on any atom is 0.221 e. The lowest BCUT2D eigenvalue weighted by Crippen LogP contribution is -2.05. The van der Waals surface area contributed by atoms with Gasteiger partial charge in [0, 0.05) is 46.2 Å². The Balaban J connectivity index is 1.98. The first-order chi connectivity index (χ1) is 10.9. The Labute approximate surface area is 144 Å². The number of hydrogen-bond donors (Lipinski definition) is 2. The molecule has 0 bridgehead atoms. The third kappa shape index (κ3) is 5.43. The lowest BCUT2D eigenvalue weighted by molar-refractivity contribution is -0.114. The summed E-state index contributed by atoms with van der Waals surface area (Å²) in [5.74, 6) is -0.340. The summed E-state index contributed by atoms with van der Waals surface area (Å²) in [5, 5.41) is 6.48. The molecule has 0 saturated carbocycles. The van der Waals surface area contributed by atoms with Crippen LogP contribution in [0.2, 0.25) is 10.0 Å². The van der Waals surface area contributed by atoms with Crippen LogP contribution in [0.4, 0.5) is 11.4 Å². The molecule has 6 heteroatoms. The van der Waals surface area contributed by atoms with E-state index in [9.17, 15) is 9.59 Å². The highest BCUT2D eigenvalue weighted by atomic mass is 35.5. The molecule has 0 aliphatic rings. The van der Waals surface area contributed by atoms with E-state index in [0.717, 1.165) is 5.69 Å². The molecule has 2 aromatic carbocycles. The third-order valence-electron chi connectivity index (χ3n) is 2.84. The third-order valence-corrected chi connectivity index (χ3v) is 3.27. The van der Waals surface area contributed by atoms with E-state index in [1.54, 1.807) is 42.5 Å². The number of anilines is 2. The standard InChI is InChI=1S/C17H14Cl2N2O2/c1-11(22)21-16-4-2-15(3-5-16)20-7-6-17(23)12-8-13(18)10-14(19)9-12/h2-10,20H,1H3,(H,21,22)/b7-6+. The Morgan fingerprint density at radius 2 is 1.52 bits per heavy atom. The zero-order valence-corrected chi connectivity index (χ0v) is 13.8. The van der Waals surface area contributed by atoms with E-state index < -0.39 is 0 Å². The van der Waals surface area contributed by atoms with Gasteiger partial charge in [-0.05, 0) is 42.5 Å². The lowest BCUT2D eigenvalue weighted by atomic mass is 10.1. The molecule has 0 heterocycles. The Kier molecular flexibility index (Phi) is 5.79. The zero-order chi connectivity index (χ0) is 16.8. The Morgan fingerprint density at radius 3 is 2.09 bits per heavy atom. The van der Waals surface area contributed by atoms with Gasteiger partial charge in [0.2, 0.25) is 5.91 Å². The number of ketones is 1. The number of hydrogen-bond acceptors (Lipinski definition) is 3. The summed E-state index contributed by atoms with van der Waals surface area (Å²) in [5.41, 5.74) is 1.91. The fraction of sp³-hybridized carbons (Fsp3) is 0.0588. The minimum Gasteiger partial charge on any atom is -0.362 e. The molecule has 2 aromatic rings. The van der Waals surface area contributed by atoms with Crippen LogP contribution in [-0.4, -0.2) is 11.7 Å². The summed E-state index contributed by atoms with van der Waals surface area (Å²) in [6.07, 6.45) is 2.92. The summed E-state index contributed by atoms with van der Waals surface area (Å²) in [4.78, 5) is 23.0. The molecule has 0 aromatic heterocycles. The zero-order valence-electron chi connectivity index (χ0n) is 12.3. The molecule has 2 rings (SSSR count). The number of benzene rings is 2. The van der Waals surface area contributed by atoms with E-state index >= 15 is 0 Å². The van der Waals surface area contributed by atoms with Crippen LogP contribution in [0.1, 0.15) is 17.3 Å². The van der Waals surface area contributed by atoms with Gasteiger partial charge in [-0.2, -0.15) is 0 Å². The van der Waals surface area contributed by atoms with E-state index in [0.29, 0.717) is 21.3 Å². The van der Waals surface area contributed by atoms with Gasteiger partial charge in [0.15, 0.2) is 5.78 Å². The predicted molar refractivity (Wildman–Crippen MR) is 94.3 cm³/mol. The van der Waals surface area contributed by atoms with Crippen molar-refractivity contribution in [3.05, 3.63) is 70.3 Å². The fourth-order valence-electron chi connectivity index (χ4n) is 1.86. The van der Waals surface area contributed by atoms with Gasteiger partial charge in [0.25, 0.3) is 0 Å². The van der Waals surface area contributed by atoms with Gasteiger partial charge in [0.05, 0.1) is 0 Å². The molecular formula is C17H14Cl2N2O2. The molecule has 0 fully saturated rings. The molecule has 1 amide bonds. The van der Waals surface area contributed by atoms with Crippen molar-refractivity contribution in [2.24, 2.45) is 0 Å². The molecule has 23 heavy (non-hydrogen) atoms. The minimum atomic E-state index is -0.211. The van der Waals surface area contributed by atoms with Crippen LogP contribution in [-0.2, 0) is 4.79 Å². The van der Waals surface area contributed by atoms with Crippen LogP contribution in [0.3, 0.4) is 0 Å². The first-order valence-corrected chi connectivity index (χ1v) is 7.51. The van der Waals surface area contributed by atoms with Crippen molar-refractivity contribution in [1.82, 2.24) is 0 Å². The second kappa shape index (κ2) is 7.81. The number of carbonyl (C=O) groups excluding carboxylic acids is 2. The molecule has 0 spiro atoms. The molecule has 0 saturated heterocycles. The smallest absolute Gasteiger partial charge is 0.221 e. The summed E-state index contributed by atoms with van der Waals surface area (Å²) in [7, 11) is 0. The van der Waals surface area contributed by atoms with E-state index in [1.807, 2.05) is 0 Å². The molecule has 2 N–H and O–H groups in total. The van der Waals surface area contributed by atoms with Gasteiger partial charge in [-0.1, -0.05) is 23.2 Å². The average molecular weight is 349 g/mol. The second-order valence-corrected chi connectivity index (χ2v) is 5.63. The van der Waals surface area contributed by atoms with Crippen molar-refractivity contribution in [2.45, 2.75) is 6.92 Å². The van der Waals surface area contributed by atoms with Gasteiger partial charge >= 0.3 is 0 Å². The number of rotatable bonds is 5. The first kappa shape index (κ1) is 17.1. The van der Waals surface area contributed by atoms with E-state index in [-0.39, 0.29) is 11.7 Å².